The van der Waals surface area contributed by atoms with Crippen LogP contribution in [0.4, 0.5) is 10.5 Å². The fourth-order valence-electron chi connectivity index (χ4n) is 3.34. The van der Waals surface area contributed by atoms with E-state index in [9.17, 15) is 19.2 Å². The molecule has 8 nitrogen and oxygen atoms in total. The van der Waals surface area contributed by atoms with Crippen LogP contribution in [-0.2, 0) is 19.1 Å². The number of nitrogens with zero attached hydrogens (tertiary/aromatic N) is 1. The van der Waals surface area contributed by atoms with Gasteiger partial charge >= 0.3 is 12.0 Å². The number of urea groups is 1. The Labute approximate surface area is 186 Å². The van der Waals surface area contributed by atoms with Crippen molar-refractivity contribution >= 4 is 29.5 Å². The van der Waals surface area contributed by atoms with Gasteiger partial charge in [0.2, 0.25) is 6.10 Å². The van der Waals surface area contributed by atoms with Crippen LogP contribution in [0.5, 0.6) is 0 Å². The smallest absolute Gasteiger partial charge is 0.325 e. The van der Waals surface area contributed by atoms with Gasteiger partial charge in [0.1, 0.15) is 5.54 Å². The summed E-state index contributed by atoms with van der Waals surface area (Å²) in [5.41, 5.74) is 1.24. The third-order valence-electron chi connectivity index (χ3n) is 5.12. The quantitative estimate of drug-likeness (QED) is 0.487. The lowest BCUT2D eigenvalue weighted by molar-refractivity contribution is -0.155. The van der Waals surface area contributed by atoms with E-state index in [0.717, 1.165) is 10.5 Å². The first-order valence-corrected chi connectivity index (χ1v) is 10.4. The van der Waals surface area contributed by atoms with E-state index in [1.807, 2.05) is 19.1 Å². The van der Waals surface area contributed by atoms with Crippen molar-refractivity contribution < 1.29 is 23.9 Å². The first-order valence-electron chi connectivity index (χ1n) is 10.4. The molecule has 0 bridgehead atoms. The van der Waals surface area contributed by atoms with Crippen LogP contribution in [0.15, 0.2) is 54.6 Å². The molecule has 1 aliphatic rings. The Bertz CT molecular complexity index is 1000. The molecule has 1 atom stereocenters. The van der Waals surface area contributed by atoms with Gasteiger partial charge in [0.25, 0.3) is 11.8 Å². The zero-order chi connectivity index (χ0) is 23.3. The number of amides is 4. The Morgan fingerprint density at radius 2 is 1.72 bits per heavy atom. The SMILES string of the molecule is Cc1ccc(NC(=O)[C@@H](OC(=O)CCCN2C(=O)NC(C)(C)C2=O)c2ccccc2)cc1. The number of anilines is 1. The average molecular weight is 437 g/mol. The predicted octanol–water partition coefficient (Wildman–Crippen LogP) is 3.33. The van der Waals surface area contributed by atoms with Crippen LogP contribution in [0, 0.1) is 6.92 Å². The fraction of sp³-hybridized carbons (Fsp3) is 0.333. The number of hydrogen-bond acceptors (Lipinski definition) is 5. The van der Waals surface area contributed by atoms with Gasteiger partial charge in [-0.2, -0.15) is 0 Å². The summed E-state index contributed by atoms with van der Waals surface area (Å²) >= 11 is 0. The summed E-state index contributed by atoms with van der Waals surface area (Å²) in [7, 11) is 0. The molecule has 0 unspecified atom stereocenters. The summed E-state index contributed by atoms with van der Waals surface area (Å²) < 4.78 is 5.50. The highest BCUT2D eigenvalue weighted by molar-refractivity contribution is 6.06. The zero-order valence-corrected chi connectivity index (χ0v) is 18.4. The van der Waals surface area contributed by atoms with Crippen molar-refractivity contribution in [3.8, 4) is 0 Å². The summed E-state index contributed by atoms with van der Waals surface area (Å²) in [5, 5.41) is 5.37. The summed E-state index contributed by atoms with van der Waals surface area (Å²) in [4.78, 5) is 50.6. The van der Waals surface area contributed by atoms with Crippen molar-refractivity contribution in [1.82, 2.24) is 10.2 Å². The second-order valence-electron chi connectivity index (χ2n) is 8.25. The van der Waals surface area contributed by atoms with E-state index < -0.39 is 29.6 Å². The summed E-state index contributed by atoms with van der Waals surface area (Å²) in [6.07, 6.45) is -0.936. The Kier molecular flexibility index (Phi) is 6.92. The third kappa shape index (κ3) is 5.51. The van der Waals surface area contributed by atoms with Crippen molar-refractivity contribution in [2.75, 3.05) is 11.9 Å². The lowest BCUT2D eigenvalue weighted by Crippen LogP contribution is -2.40. The van der Waals surface area contributed by atoms with Gasteiger partial charge in [-0.05, 0) is 39.3 Å². The van der Waals surface area contributed by atoms with Gasteiger partial charge in [-0.3, -0.25) is 19.3 Å². The molecule has 1 aliphatic heterocycles. The van der Waals surface area contributed by atoms with Gasteiger partial charge in [0.15, 0.2) is 0 Å². The normalized spacial score (nSPS) is 15.8. The van der Waals surface area contributed by atoms with Crippen molar-refractivity contribution in [3.63, 3.8) is 0 Å². The lowest BCUT2D eigenvalue weighted by Gasteiger charge is -2.19. The Hall–Kier alpha value is -3.68. The van der Waals surface area contributed by atoms with E-state index in [1.54, 1.807) is 56.3 Å². The van der Waals surface area contributed by atoms with Crippen LogP contribution in [0.25, 0.3) is 0 Å². The standard InChI is InChI=1S/C24H27N3O5/c1-16-11-13-18(14-12-16)25-21(29)20(17-8-5-4-6-9-17)32-19(28)10-7-15-27-22(30)24(2,3)26-23(27)31/h4-6,8-9,11-14,20H,7,10,15H2,1-3H3,(H,25,29)(H,26,31)/t20-/m0/s1. The molecule has 0 aromatic heterocycles. The molecule has 2 aromatic rings. The Balaban J connectivity index is 1.61. The molecule has 1 heterocycles. The molecule has 1 saturated heterocycles. The summed E-state index contributed by atoms with van der Waals surface area (Å²) in [6, 6.07) is 15.6. The first kappa shape index (κ1) is 23.0. The monoisotopic (exact) mass is 437 g/mol. The number of nitrogens with one attached hydrogen (secondary N) is 2. The van der Waals surface area contributed by atoms with Gasteiger partial charge in [-0.25, -0.2) is 4.79 Å². The predicted molar refractivity (Wildman–Crippen MR) is 119 cm³/mol. The second kappa shape index (κ2) is 9.64. The maximum Gasteiger partial charge on any atom is 0.325 e. The van der Waals surface area contributed by atoms with Crippen LogP contribution in [0.3, 0.4) is 0 Å². The fourth-order valence-corrected chi connectivity index (χ4v) is 3.34. The molecule has 32 heavy (non-hydrogen) atoms. The highest BCUT2D eigenvalue weighted by Crippen LogP contribution is 2.22. The van der Waals surface area contributed by atoms with E-state index in [0.29, 0.717) is 11.3 Å². The van der Waals surface area contributed by atoms with Gasteiger partial charge < -0.3 is 15.4 Å². The van der Waals surface area contributed by atoms with Crippen molar-refractivity contribution in [2.24, 2.45) is 0 Å². The molecule has 2 aromatic carbocycles. The van der Waals surface area contributed by atoms with Gasteiger partial charge in [0.05, 0.1) is 0 Å². The van der Waals surface area contributed by atoms with Crippen LogP contribution in [0.2, 0.25) is 0 Å². The average Bonchev–Trinajstić information content (AvgIpc) is 2.95. The molecule has 168 valence electrons. The van der Waals surface area contributed by atoms with Gasteiger partial charge in [-0.15, -0.1) is 0 Å². The molecule has 3 rings (SSSR count). The maximum atomic E-state index is 12.9. The number of aryl methyl sites for hydroxylation is 1. The molecule has 0 spiro atoms. The molecule has 8 heteroatoms. The van der Waals surface area contributed by atoms with Crippen LogP contribution in [-0.4, -0.2) is 40.8 Å². The summed E-state index contributed by atoms with van der Waals surface area (Å²) in [6.45, 7) is 5.28. The van der Waals surface area contributed by atoms with E-state index in [-0.39, 0.29) is 25.3 Å². The van der Waals surface area contributed by atoms with Gasteiger partial charge in [-0.1, -0.05) is 48.0 Å². The molecule has 0 radical (unpaired) electrons. The van der Waals surface area contributed by atoms with Crippen molar-refractivity contribution in [2.45, 2.75) is 45.3 Å². The minimum atomic E-state index is -1.12. The Morgan fingerprint density at radius 1 is 1.06 bits per heavy atom. The number of benzene rings is 2. The molecule has 2 N–H and O–H groups in total. The first-order chi connectivity index (χ1) is 15.2. The van der Waals surface area contributed by atoms with Gasteiger partial charge in [0, 0.05) is 24.2 Å². The van der Waals surface area contributed by atoms with Crippen LogP contribution in [0.1, 0.15) is 43.9 Å². The number of rotatable bonds is 8. The summed E-state index contributed by atoms with van der Waals surface area (Å²) in [5.74, 6) is -1.40. The molecule has 0 saturated carbocycles. The maximum absolute atomic E-state index is 12.9. The molecule has 0 aliphatic carbocycles. The third-order valence-corrected chi connectivity index (χ3v) is 5.12. The van der Waals surface area contributed by atoms with E-state index in [2.05, 4.69) is 10.6 Å². The van der Waals surface area contributed by atoms with Crippen LogP contribution >= 0.6 is 0 Å². The van der Waals surface area contributed by atoms with E-state index in [1.165, 1.54) is 0 Å². The van der Waals surface area contributed by atoms with Crippen molar-refractivity contribution in [3.05, 3.63) is 65.7 Å². The minimum absolute atomic E-state index is 0.0430. The highest BCUT2D eigenvalue weighted by Gasteiger charge is 2.43. The molecular formula is C24H27N3O5. The largest absolute Gasteiger partial charge is 0.447 e. The second-order valence-corrected chi connectivity index (χ2v) is 8.25. The number of hydrogen-bond donors (Lipinski definition) is 2. The molecule has 4 amide bonds. The Morgan fingerprint density at radius 3 is 2.31 bits per heavy atom. The highest BCUT2D eigenvalue weighted by atomic mass is 16.5. The van der Waals surface area contributed by atoms with Crippen LogP contribution < -0.4 is 10.6 Å². The number of carbonyl (C=O) groups is 4. The zero-order valence-electron chi connectivity index (χ0n) is 18.4. The molecule has 1 fully saturated rings. The van der Waals surface area contributed by atoms with Crippen molar-refractivity contribution in [1.29, 1.82) is 0 Å². The number of imide groups is 1. The number of ether oxygens (including phenoxy) is 1. The lowest BCUT2D eigenvalue weighted by atomic mass is 10.1. The van der Waals surface area contributed by atoms with E-state index in [4.69, 9.17) is 4.74 Å². The topological polar surface area (TPSA) is 105 Å². The number of carbonyl (C=O) groups excluding carboxylic acids is 4. The minimum Gasteiger partial charge on any atom is -0.447 e. The van der Waals surface area contributed by atoms with E-state index >= 15 is 0 Å². The number of esters is 1. The molecular weight excluding hydrogens is 410 g/mol.